The lowest BCUT2D eigenvalue weighted by atomic mass is 10.1. The van der Waals surface area contributed by atoms with Crippen molar-refractivity contribution in [1.82, 2.24) is 10.1 Å². The Morgan fingerprint density at radius 1 is 1.00 bits per heavy atom. The van der Waals surface area contributed by atoms with Crippen molar-refractivity contribution in [3.8, 4) is 23.1 Å². The van der Waals surface area contributed by atoms with Gasteiger partial charge in [-0.15, -0.1) is 0 Å². The lowest BCUT2D eigenvalue weighted by Crippen LogP contribution is -2.46. The van der Waals surface area contributed by atoms with Gasteiger partial charge < -0.3 is 23.7 Å². The molecular weight excluding hydrogens is 398 g/mol. The van der Waals surface area contributed by atoms with E-state index in [1.165, 1.54) is 0 Å². The van der Waals surface area contributed by atoms with E-state index in [-0.39, 0.29) is 5.91 Å². The van der Waals surface area contributed by atoms with E-state index < -0.39 is 12.2 Å². The molecule has 0 radical (unpaired) electrons. The summed E-state index contributed by atoms with van der Waals surface area (Å²) in [6.45, 7) is 1.81. The van der Waals surface area contributed by atoms with Gasteiger partial charge in [-0.3, -0.25) is 4.79 Å². The van der Waals surface area contributed by atoms with Gasteiger partial charge in [0.25, 0.3) is 5.91 Å². The number of aromatic nitrogens is 2. The molecule has 4 aromatic rings. The van der Waals surface area contributed by atoms with Gasteiger partial charge in [-0.1, -0.05) is 35.5 Å². The molecule has 1 aliphatic rings. The van der Waals surface area contributed by atoms with Crippen molar-refractivity contribution in [2.24, 2.45) is 0 Å². The van der Waals surface area contributed by atoms with Crippen LogP contribution in [-0.2, 0) is 11.2 Å². The summed E-state index contributed by atoms with van der Waals surface area (Å²) >= 11 is 0. The highest BCUT2D eigenvalue weighted by Gasteiger charge is 2.34. The summed E-state index contributed by atoms with van der Waals surface area (Å²) < 4.78 is 22.4. The smallest absolute Gasteiger partial charge is 0.269 e. The Labute approximate surface area is 177 Å². The van der Waals surface area contributed by atoms with Crippen LogP contribution in [-0.4, -0.2) is 28.3 Å². The predicted molar refractivity (Wildman–Crippen MR) is 111 cm³/mol. The molecule has 5 rings (SSSR count). The number of hydrogen-bond donors (Lipinski definition) is 1. The molecule has 0 fully saturated rings. The molecule has 1 aliphatic heterocycles. The van der Waals surface area contributed by atoms with E-state index >= 15 is 0 Å². The quantitative estimate of drug-likeness (QED) is 0.522. The van der Waals surface area contributed by atoms with E-state index in [4.69, 9.17) is 18.4 Å². The fraction of sp³-hybridized carbons (Fsp3) is 0.174. The Morgan fingerprint density at radius 2 is 1.77 bits per heavy atom. The van der Waals surface area contributed by atoms with Gasteiger partial charge in [-0.2, -0.15) is 4.98 Å². The van der Waals surface area contributed by atoms with Crippen LogP contribution in [0.25, 0.3) is 11.6 Å². The lowest BCUT2D eigenvalue weighted by molar-refractivity contribution is -0.128. The average Bonchev–Trinajstić information content (AvgIpc) is 3.46. The summed E-state index contributed by atoms with van der Waals surface area (Å²) in [6, 6.07) is 18.2. The first-order chi connectivity index (χ1) is 15.2. The molecule has 0 saturated heterocycles. The number of furan rings is 1. The molecule has 0 aliphatic carbocycles. The number of benzene rings is 2. The number of carbonyl (C=O) groups excluding carboxylic acids is 1. The zero-order valence-electron chi connectivity index (χ0n) is 16.6. The maximum absolute atomic E-state index is 13.0. The molecule has 0 saturated carbocycles. The van der Waals surface area contributed by atoms with Crippen molar-refractivity contribution >= 4 is 11.6 Å². The SMILES string of the molecule is C[C@@H]1Oc2ccccc2O[C@H]1C(=O)Nc1ccccc1Cc1nc(-c2ccco2)no1. The second kappa shape index (κ2) is 7.98. The van der Waals surface area contributed by atoms with Crippen LogP contribution in [0.5, 0.6) is 11.5 Å². The Bertz CT molecular complexity index is 1200. The first-order valence-corrected chi connectivity index (χ1v) is 9.85. The van der Waals surface area contributed by atoms with E-state index in [1.54, 1.807) is 31.4 Å². The molecule has 0 bridgehead atoms. The van der Waals surface area contributed by atoms with E-state index in [9.17, 15) is 4.79 Å². The minimum absolute atomic E-state index is 0.295. The Morgan fingerprint density at radius 3 is 2.58 bits per heavy atom. The molecule has 0 unspecified atom stereocenters. The van der Waals surface area contributed by atoms with Gasteiger partial charge >= 0.3 is 0 Å². The number of nitrogens with one attached hydrogen (secondary N) is 1. The Hall–Kier alpha value is -4.07. The average molecular weight is 417 g/mol. The zero-order valence-corrected chi connectivity index (χ0v) is 16.6. The van der Waals surface area contributed by atoms with Crippen LogP contribution in [0.3, 0.4) is 0 Å². The number of anilines is 1. The molecule has 1 N–H and O–H groups in total. The number of ether oxygens (including phenoxy) is 2. The van der Waals surface area contributed by atoms with Gasteiger partial charge in [-0.05, 0) is 42.8 Å². The molecule has 8 nitrogen and oxygen atoms in total. The maximum atomic E-state index is 13.0. The molecule has 3 heterocycles. The summed E-state index contributed by atoms with van der Waals surface area (Å²) in [5.41, 5.74) is 1.47. The molecule has 1 amide bonds. The van der Waals surface area contributed by atoms with Gasteiger partial charge in [0, 0.05) is 5.69 Å². The molecule has 31 heavy (non-hydrogen) atoms. The van der Waals surface area contributed by atoms with E-state index in [0.29, 0.717) is 41.1 Å². The third-order valence-corrected chi connectivity index (χ3v) is 4.93. The number of carbonyl (C=O) groups is 1. The zero-order chi connectivity index (χ0) is 21.2. The second-order valence-electron chi connectivity index (χ2n) is 7.12. The van der Waals surface area contributed by atoms with Crippen LogP contribution in [0, 0.1) is 0 Å². The van der Waals surface area contributed by atoms with Gasteiger partial charge in [0.2, 0.25) is 17.8 Å². The van der Waals surface area contributed by atoms with E-state index in [0.717, 1.165) is 5.56 Å². The van der Waals surface area contributed by atoms with Gasteiger partial charge in [0.05, 0.1) is 12.7 Å². The number of para-hydroxylation sites is 3. The number of fused-ring (bicyclic) bond motifs is 1. The van der Waals surface area contributed by atoms with Crippen LogP contribution in [0.15, 0.2) is 75.9 Å². The fourth-order valence-electron chi connectivity index (χ4n) is 3.40. The maximum Gasteiger partial charge on any atom is 0.269 e. The van der Waals surface area contributed by atoms with Crippen molar-refractivity contribution in [3.63, 3.8) is 0 Å². The second-order valence-corrected chi connectivity index (χ2v) is 7.12. The minimum Gasteiger partial charge on any atom is -0.482 e. The number of amides is 1. The number of hydrogen-bond acceptors (Lipinski definition) is 7. The Balaban J connectivity index is 1.32. The van der Waals surface area contributed by atoms with Crippen LogP contribution < -0.4 is 14.8 Å². The summed E-state index contributed by atoms with van der Waals surface area (Å²) in [6.07, 6.45) is 0.683. The summed E-state index contributed by atoms with van der Waals surface area (Å²) in [4.78, 5) is 17.3. The highest BCUT2D eigenvalue weighted by atomic mass is 16.6. The van der Waals surface area contributed by atoms with Crippen molar-refractivity contribution in [3.05, 3.63) is 78.4 Å². The van der Waals surface area contributed by atoms with Crippen molar-refractivity contribution in [2.45, 2.75) is 25.6 Å². The molecule has 0 spiro atoms. The van der Waals surface area contributed by atoms with Crippen LogP contribution in [0.4, 0.5) is 5.69 Å². The van der Waals surface area contributed by atoms with Gasteiger partial charge in [0.15, 0.2) is 17.3 Å². The van der Waals surface area contributed by atoms with E-state index in [2.05, 4.69) is 15.5 Å². The highest BCUT2D eigenvalue weighted by Crippen LogP contribution is 2.34. The molecule has 2 aromatic heterocycles. The Kier molecular flexibility index (Phi) is 4.87. The number of rotatable bonds is 5. The van der Waals surface area contributed by atoms with Crippen molar-refractivity contribution in [1.29, 1.82) is 0 Å². The van der Waals surface area contributed by atoms with Crippen molar-refractivity contribution < 1.29 is 23.2 Å². The first kappa shape index (κ1) is 18.9. The monoisotopic (exact) mass is 417 g/mol. The summed E-state index contributed by atoms with van der Waals surface area (Å²) in [5, 5.41) is 6.89. The standard InChI is InChI=1S/C23H19N3O5/c1-14-21(30-18-10-5-4-9-17(18)29-14)23(27)24-16-8-3-2-7-15(16)13-20-25-22(26-31-20)19-11-6-12-28-19/h2-12,14,21H,13H2,1H3,(H,24,27)/t14-,21+/m0/s1. The van der Waals surface area contributed by atoms with Crippen LogP contribution in [0.2, 0.25) is 0 Å². The van der Waals surface area contributed by atoms with Gasteiger partial charge in [0.1, 0.15) is 6.10 Å². The largest absolute Gasteiger partial charge is 0.482 e. The molecule has 8 heteroatoms. The molecule has 2 aromatic carbocycles. The fourth-order valence-corrected chi connectivity index (χ4v) is 3.40. The lowest BCUT2D eigenvalue weighted by Gasteiger charge is -2.31. The topological polar surface area (TPSA) is 99.6 Å². The molecule has 156 valence electrons. The third-order valence-electron chi connectivity index (χ3n) is 4.93. The normalized spacial score (nSPS) is 17.3. The van der Waals surface area contributed by atoms with Crippen LogP contribution in [0.1, 0.15) is 18.4 Å². The van der Waals surface area contributed by atoms with Gasteiger partial charge in [-0.25, -0.2) is 0 Å². The van der Waals surface area contributed by atoms with Crippen LogP contribution >= 0.6 is 0 Å². The summed E-state index contributed by atoms with van der Waals surface area (Å²) in [7, 11) is 0. The van der Waals surface area contributed by atoms with E-state index in [1.807, 2.05) is 42.5 Å². The van der Waals surface area contributed by atoms with Crippen molar-refractivity contribution in [2.75, 3.05) is 5.32 Å². The first-order valence-electron chi connectivity index (χ1n) is 9.85. The molecule has 2 atom stereocenters. The molecular formula is C23H19N3O5. The minimum atomic E-state index is -0.781. The highest BCUT2D eigenvalue weighted by molar-refractivity contribution is 5.95. The predicted octanol–water partition coefficient (Wildman–Crippen LogP) is 4.09. The number of nitrogens with zero attached hydrogens (tertiary/aromatic N) is 2. The third kappa shape index (κ3) is 3.87. The summed E-state index contributed by atoms with van der Waals surface area (Å²) in [5.74, 6) is 2.19.